The van der Waals surface area contributed by atoms with E-state index < -0.39 is 41.9 Å². The smallest absolute Gasteiger partial charge is 0.237 e. The van der Waals surface area contributed by atoms with Gasteiger partial charge in [-0.05, 0) is 43.9 Å². The highest BCUT2D eigenvalue weighted by atomic mass is 32.2. The van der Waals surface area contributed by atoms with Crippen LogP contribution in [0, 0.1) is 11.8 Å². The molecule has 0 saturated carbocycles. The summed E-state index contributed by atoms with van der Waals surface area (Å²) in [4.78, 5) is 12.8. The second-order valence-electron chi connectivity index (χ2n) is 7.85. The van der Waals surface area contributed by atoms with Gasteiger partial charge in [0.15, 0.2) is 0 Å². The molecule has 27 heavy (non-hydrogen) atoms. The van der Waals surface area contributed by atoms with Crippen LogP contribution in [0.1, 0.15) is 33.1 Å². The summed E-state index contributed by atoms with van der Waals surface area (Å²) in [5, 5.41) is 36.7. The van der Waals surface area contributed by atoms with Crippen molar-refractivity contribution in [3.8, 4) is 0 Å². The van der Waals surface area contributed by atoms with Gasteiger partial charge < -0.3 is 30.7 Å². The number of thioether (sulfide) groups is 1. The van der Waals surface area contributed by atoms with E-state index in [9.17, 15) is 24.5 Å². The summed E-state index contributed by atoms with van der Waals surface area (Å²) in [6.45, 7) is 4.00. The highest BCUT2D eigenvalue weighted by molar-refractivity contribution is 7.99. The van der Waals surface area contributed by atoms with E-state index in [0.29, 0.717) is 25.8 Å². The van der Waals surface area contributed by atoms with Crippen LogP contribution in [-0.4, -0.2) is 82.6 Å². The Morgan fingerprint density at radius 1 is 1.22 bits per heavy atom. The molecule has 0 aromatic heterocycles. The predicted molar refractivity (Wildman–Crippen MR) is 102 cm³/mol. The monoisotopic (exact) mass is 408 g/mol. The lowest BCUT2D eigenvalue weighted by Crippen LogP contribution is -2.64. The lowest BCUT2D eigenvalue weighted by Gasteiger charge is -2.44. The highest BCUT2D eigenvalue weighted by Gasteiger charge is 2.47. The van der Waals surface area contributed by atoms with Crippen LogP contribution in [0.4, 0.5) is 4.39 Å². The normalized spacial score (nSPS) is 39.0. The zero-order chi connectivity index (χ0) is 20.1. The molecule has 7 unspecified atom stereocenters. The van der Waals surface area contributed by atoms with E-state index in [4.69, 9.17) is 4.74 Å². The molecule has 0 aromatic rings. The molecule has 7 nitrogen and oxygen atoms in total. The molecular weight excluding hydrogens is 375 g/mol. The van der Waals surface area contributed by atoms with E-state index >= 15 is 0 Å². The maximum Gasteiger partial charge on any atom is 0.237 e. The van der Waals surface area contributed by atoms with Crippen molar-refractivity contribution in [2.24, 2.45) is 11.8 Å². The Hall–Kier alpha value is -0.450. The number of nitrogens with one attached hydrogen (secondary N) is 2. The number of aliphatic hydroxyl groups excluding tert-OH is 3. The number of aliphatic hydroxyl groups is 3. The molecule has 9 heteroatoms. The van der Waals surface area contributed by atoms with Crippen LogP contribution in [-0.2, 0) is 9.53 Å². The average molecular weight is 409 g/mol. The van der Waals surface area contributed by atoms with Crippen molar-refractivity contribution in [1.29, 1.82) is 0 Å². The first kappa shape index (κ1) is 22.8. The number of amides is 1. The quantitative estimate of drug-likeness (QED) is 0.422. The fraction of sp³-hybridized carbons (Fsp3) is 0.944. The Morgan fingerprint density at radius 2 is 1.93 bits per heavy atom. The Labute approximate surface area is 164 Å². The van der Waals surface area contributed by atoms with Gasteiger partial charge in [-0.25, -0.2) is 0 Å². The summed E-state index contributed by atoms with van der Waals surface area (Å²) in [6.07, 6.45) is -1.04. The first-order valence-corrected chi connectivity index (χ1v) is 10.9. The molecule has 0 aliphatic carbocycles. The standard InChI is InChI=1S/C18H33FN2O5S/c1-9(2)12(16-14(23)13(22)15(24)18(26-16)27-3)21-17(25)11-5-4-10(8-19)6-7-20-11/h9-16,18,20,22-24H,4-8H2,1-3H3,(H,21,25)/t10-,11?,12?,13?,14?,15?,16?,18?/m1/s1. The minimum absolute atomic E-state index is 0.0151. The van der Waals surface area contributed by atoms with E-state index in [2.05, 4.69) is 10.6 Å². The lowest BCUT2D eigenvalue weighted by molar-refractivity contribution is -0.208. The van der Waals surface area contributed by atoms with E-state index in [1.54, 1.807) is 6.26 Å². The molecule has 5 N–H and O–H groups in total. The van der Waals surface area contributed by atoms with Crippen LogP contribution in [0.2, 0.25) is 0 Å². The van der Waals surface area contributed by atoms with Crippen molar-refractivity contribution in [3.05, 3.63) is 0 Å². The summed E-state index contributed by atoms with van der Waals surface area (Å²) in [5.41, 5.74) is -0.687. The minimum atomic E-state index is -1.35. The average Bonchev–Trinajstić information content (AvgIpc) is 2.90. The molecule has 2 rings (SSSR count). The zero-order valence-corrected chi connectivity index (χ0v) is 17.0. The third kappa shape index (κ3) is 5.55. The van der Waals surface area contributed by atoms with Crippen molar-refractivity contribution >= 4 is 17.7 Å². The SMILES string of the molecule is CSC1OC(C(NC(=O)C2CC[C@@H](CF)CCN2)C(C)C)C(O)C(O)C1O. The van der Waals surface area contributed by atoms with Crippen molar-refractivity contribution < 1.29 is 29.2 Å². The van der Waals surface area contributed by atoms with Crippen LogP contribution in [0.5, 0.6) is 0 Å². The Balaban J connectivity index is 2.07. The molecule has 0 bridgehead atoms. The molecule has 2 saturated heterocycles. The molecule has 2 aliphatic heterocycles. The second kappa shape index (κ2) is 10.4. The Bertz CT molecular complexity index is 485. The van der Waals surface area contributed by atoms with Crippen molar-refractivity contribution in [3.63, 3.8) is 0 Å². The number of ether oxygens (including phenoxy) is 1. The topological polar surface area (TPSA) is 111 Å². The van der Waals surface area contributed by atoms with Crippen molar-refractivity contribution in [2.75, 3.05) is 19.5 Å². The number of halogens is 1. The summed E-state index contributed by atoms with van der Waals surface area (Å²) >= 11 is 1.24. The van der Waals surface area contributed by atoms with E-state index in [-0.39, 0.29) is 24.4 Å². The fourth-order valence-electron chi connectivity index (χ4n) is 3.75. The number of carbonyl (C=O) groups is 1. The summed E-state index contributed by atoms with van der Waals surface area (Å²) < 4.78 is 18.7. The lowest BCUT2D eigenvalue weighted by atomic mass is 9.88. The van der Waals surface area contributed by atoms with E-state index in [0.717, 1.165) is 0 Å². The summed E-state index contributed by atoms with van der Waals surface area (Å²) in [6, 6.07) is -0.957. The largest absolute Gasteiger partial charge is 0.388 e. The van der Waals surface area contributed by atoms with Crippen molar-refractivity contribution in [1.82, 2.24) is 10.6 Å². The van der Waals surface area contributed by atoms with Crippen LogP contribution < -0.4 is 10.6 Å². The molecule has 0 spiro atoms. The summed E-state index contributed by atoms with van der Waals surface area (Å²) in [5.74, 6) is -0.299. The molecule has 8 atom stereocenters. The van der Waals surface area contributed by atoms with Crippen LogP contribution >= 0.6 is 11.8 Å². The molecule has 1 amide bonds. The van der Waals surface area contributed by atoms with Gasteiger partial charge in [0.2, 0.25) is 5.91 Å². The maximum atomic E-state index is 12.9. The van der Waals surface area contributed by atoms with Gasteiger partial charge in [-0.1, -0.05) is 13.8 Å². The number of hydrogen-bond donors (Lipinski definition) is 5. The molecule has 2 fully saturated rings. The Morgan fingerprint density at radius 3 is 2.52 bits per heavy atom. The third-order valence-electron chi connectivity index (χ3n) is 5.56. The second-order valence-corrected chi connectivity index (χ2v) is 8.78. The number of rotatable bonds is 6. The molecule has 2 aliphatic rings. The van der Waals surface area contributed by atoms with Crippen LogP contribution in [0.25, 0.3) is 0 Å². The fourth-order valence-corrected chi connectivity index (χ4v) is 4.43. The molecule has 158 valence electrons. The molecular formula is C18H33FN2O5S. The van der Waals surface area contributed by atoms with Crippen LogP contribution in [0.15, 0.2) is 0 Å². The van der Waals surface area contributed by atoms with Gasteiger partial charge in [-0.15, -0.1) is 11.8 Å². The van der Waals surface area contributed by atoms with Gasteiger partial charge in [0.05, 0.1) is 18.8 Å². The highest BCUT2D eigenvalue weighted by Crippen LogP contribution is 2.30. The number of alkyl halides is 1. The van der Waals surface area contributed by atoms with Gasteiger partial charge in [0.25, 0.3) is 0 Å². The predicted octanol–water partition coefficient (Wildman–Crippen LogP) is 0.0256. The first-order chi connectivity index (χ1) is 12.8. The maximum absolute atomic E-state index is 12.9. The van der Waals surface area contributed by atoms with Gasteiger partial charge >= 0.3 is 0 Å². The van der Waals surface area contributed by atoms with Crippen molar-refractivity contribution in [2.45, 2.75) is 75.0 Å². The zero-order valence-electron chi connectivity index (χ0n) is 16.2. The van der Waals surface area contributed by atoms with Gasteiger partial charge in [0.1, 0.15) is 29.9 Å². The minimum Gasteiger partial charge on any atom is -0.388 e. The van der Waals surface area contributed by atoms with Gasteiger partial charge in [-0.2, -0.15) is 0 Å². The molecule has 0 aromatic carbocycles. The first-order valence-electron chi connectivity index (χ1n) is 9.62. The molecule has 2 heterocycles. The molecule has 0 radical (unpaired) electrons. The van der Waals surface area contributed by atoms with Gasteiger partial charge in [-0.3, -0.25) is 9.18 Å². The van der Waals surface area contributed by atoms with Crippen LogP contribution in [0.3, 0.4) is 0 Å². The van der Waals surface area contributed by atoms with Gasteiger partial charge in [0, 0.05) is 0 Å². The Kier molecular flexibility index (Phi) is 8.76. The van der Waals surface area contributed by atoms with E-state index in [1.807, 2.05) is 13.8 Å². The number of carbonyl (C=O) groups excluding carboxylic acids is 1. The third-order valence-corrected chi connectivity index (χ3v) is 6.42. The number of hydrogen-bond acceptors (Lipinski definition) is 7. The van der Waals surface area contributed by atoms with E-state index in [1.165, 1.54) is 11.8 Å². The summed E-state index contributed by atoms with van der Waals surface area (Å²) in [7, 11) is 0.